The molecule has 23 heavy (non-hydrogen) atoms. The molecule has 4 rings (SSSR count). The van der Waals surface area contributed by atoms with Crippen LogP contribution in [0.5, 0.6) is 0 Å². The summed E-state index contributed by atoms with van der Waals surface area (Å²) in [7, 11) is 0. The average Bonchev–Trinajstić information content (AvgIpc) is 2.83. The Morgan fingerprint density at radius 1 is 1.04 bits per heavy atom. The van der Waals surface area contributed by atoms with Crippen molar-refractivity contribution in [1.29, 1.82) is 0 Å². The largest absolute Gasteiger partial charge is 0.387 e. The van der Waals surface area contributed by atoms with E-state index in [1.54, 1.807) is 6.92 Å². The topological polar surface area (TPSA) is 101 Å². The van der Waals surface area contributed by atoms with Crippen LogP contribution in [0.25, 0.3) is 0 Å². The Morgan fingerprint density at radius 2 is 1.70 bits per heavy atom. The molecule has 128 valence electrons. The molecule has 1 N–H and O–H groups in total. The lowest BCUT2D eigenvalue weighted by molar-refractivity contribution is -0.391. The van der Waals surface area contributed by atoms with E-state index in [0.717, 1.165) is 0 Å². The summed E-state index contributed by atoms with van der Waals surface area (Å²) in [6, 6.07) is 0. The molecule has 4 heterocycles. The first-order valence-corrected chi connectivity index (χ1v) is 7.82. The van der Waals surface area contributed by atoms with Gasteiger partial charge in [-0.05, 0) is 19.8 Å². The third-order valence-corrected chi connectivity index (χ3v) is 5.34. The Labute approximate surface area is 133 Å². The fourth-order valence-electron chi connectivity index (χ4n) is 4.03. The summed E-state index contributed by atoms with van der Waals surface area (Å²) in [5.74, 6) is -7.28. The van der Waals surface area contributed by atoms with Gasteiger partial charge in [-0.25, -0.2) is 0 Å². The minimum absolute atomic E-state index is 0.236. The first-order valence-electron chi connectivity index (χ1n) is 7.82. The van der Waals surface area contributed by atoms with Gasteiger partial charge in [-0.3, -0.25) is 9.59 Å². The Bertz CT molecular complexity index is 592. The maximum atomic E-state index is 12.4. The van der Waals surface area contributed by atoms with Crippen molar-refractivity contribution in [3.05, 3.63) is 0 Å². The summed E-state index contributed by atoms with van der Waals surface area (Å²) in [4.78, 5) is 24.7. The number of hydrogen-bond donors (Lipinski definition) is 1. The lowest BCUT2D eigenvalue weighted by atomic mass is 9.90. The second-order valence-corrected chi connectivity index (χ2v) is 6.75. The van der Waals surface area contributed by atoms with Gasteiger partial charge in [0.05, 0.1) is 6.61 Å². The maximum Gasteiger partial charge on any atom is 0.261 e. The van der Waals surface area contributed by atoms with E-state index in [1.165, 1.54) is 13.8 Å². The zero-order chi connectivity index (χ0) is 16.7. The van der Waals surface area contributed by atoms with Crippen LogP contribution < -0.4 is 0 Å². The molecular weight excluding hydrogens is 308 g/mol. The standard InChI is InChI=1S/C15H20O8/c1-8(16)14-10(18)4-5-11(20-14)15(9(2)17)21-12(3)13(22-14,23-15)6-7-19-12/h10-11,18H,4-7H2,1-3H3. The van der Waals surface area contributed by atoms with Gasteiger partial charge in [-0.15, -0.1) is 0 Å². The lowest BCUT2D eigenvalue weighted by Crippen LogP contribution is -2.66. The number of fused-ring (bicyclic) bond motifs is 4. The van der Waals surface area contributed by atoms with Crippen LogP contribution in [-0.2, 0) is 33.3 Å². The van der Waals surface area contributed by atoms with Gasteiger partial charge < -0.3 is 28.8 Å². The second-order valence-electron chi connectivity index (χ2n) is 6.75. The van der Waals surface area contributed by atoms with Crippen molar-refractivity contribution in [2.24, 2.45) is 0 Å². The summed E-state index contributed by atoms with van der Waals surface area (Å²) in [5, 5.41) is 10.4. The molecular formula is C15H20O8. The van der Waals surface area contributed by atoms with E-state index >= 15 is 0 Å². The van der Waals surface area contributed by atoms with Crippen LogP contribution in [0.2, 0.25) is 0 Å². The summed E-state index contributed by atoms with van der Waals surface area (Å²) < 4.78 is 29.4. The second kappa shape index (κ2) is 4.38. The van der Waals surface area contributed by atoms with Crippen molar-refractivity contribution < 1.29 is 38.4 Å². The van der Waals surface area contributed by atoms with Crippen molar-refractivity contribution in [1.82, 2.24) is 0 Å². The summed E-state index contributed by atoms with van der Waals surface area (Å²) >= 11 is 0. The molecule has 1 spiro atoms. The molecule has 8 heteroatoms. The monoisotopic (exact) mass is 328 g/mol. The molecule has 6 atom stereocenters. The van der Waals surface area contributed by atoms with Crippen LogP contribution in [0.4, 0.5) is 0 Å². The summed E-state index contributed by atoms with van der Waals surface area (Å²) in [5.41, 5.74) is 0. The van der Waals surface area contributed by atoms with E-state index in [2.05, 4.69) is 0 Å². The number of carbonyl (C=O) groups is 2. The van der Waals surface area contributed by atoms with Crippen LogP contribution >= 0.6 is 0 Å². The van der Waals surface area contributed by atoms with Crippen LogP contribution in [0, 0.1) is 0 Å². The van der Waals surface area contributed by atoms with E-state index in [0.29, 0.717) is 6.42 Å². The van der Waals surface area contributed by atoms with Crippen LogP contribution in [0.15, 0.2) is 0 Å². The highest BCUT2D eigenvalue weighted by atomic mass is 17.0. The van der Waals surface area contributed by atoms with Gasteiger partial charge in [0, 0.05) is 20.3 Å². The number of rotatable bonds is 2. The molecule has 4 aliphatic rings. The minimum atomic E-state index is -1.88. The first kappa shape index (κ1) is 15.6. The highest BCUT2D eigenvalue weighted by Gasteiger charge is 2.79. The zero-order valence-corrected chi connectivity index (χ0v) is 13.3. The van der Waals surface area contributed by atoms with Crippen molar-refractivity contribution in [2.45, 2.75) is 75.4 Å². The molecule has 0 aromatic rings. The molecule has 4 fully saturated rings. The van der Waals surface area contributed by atoms with E-state index in [1.807, 2.05) is 0 Å². The van der Waals surface area contributed by atoms with E-state index in [4.69, 9.17) is 23.7 Å². The molecule has 8 nitrogen and oxygen atoms in total. The molecule has 0 aliphatic carbocycles. The number of Topliss-reactive ketones (excluding diaryl/α,β-unsaturated/α-hetero) is 2. The van der Waals surface area contributed by atoms with E-state index < -0.39 is 41.1 Å². The maximum absolute atomic E-state index is 12.4. The van der Waals surface area contributed by atoms with E-state index in [9.17, 15) is 14.7 Å². The van der Waals surface area contributed by atoms with Gasteiger partial charge in [-0.2, -0.15) is 0 Å². The van der Waals surface area contributed by atoms with Crippen LogP contribution in [-0.4, -0.2) is 58.6 Å². The number of carbonyl (C=O) groups excluding carboxylic acids is 2. The molecule has 0 aromatic carbocycles. The summed E-state index contributed by atoms with van der Waals surface area (Å²) in [6.45, 7) is 4.52. The Balaban J connectivity index is 1.92. The Hall–Kier alpha value is -0.900. The normalized spacial score (nSPS) is 54.4. The van der Waals surface area contributed by atoms with Crippen LogP contribution in [0.1, 0.15) is 40.0 Å². The Kier molecular flexibility index (Phi) is 2.98. The smallest absolute Gasteiger partial charge is 0.261 e. The van der Waals surface area contributed by atoms with Gasteiger partial charge >= 0.3 is 0 Å². The van der Waals surface area contributed by atoms with Gasteiger partial charge in [-0.1, -0.05) is 0 Å². The average molecular weight is 328 g/mol. The Morgan fingerprint density at radius 3 is 2.35 bits per heavy atom. The fraction of sp³-hybridized carbons (Fsp3) is 0.867. The van der Waals surface area contributed by atoms with Gasteiger partial charge in [0.15, 0.2) is 11.6 Å². The van der Waals surface area contributed by atoms with Gasteiger partial charge in [0.1, 0.15) is 12.2 Å². The lowest BCUT2D eigenvalue weighted by Gasteiger charge is -2.47. The molecule has 0 aromatic heterocycles. The molecule has 4 bridgehead atoms. The molecule has 4 aliphatic heterocycles. The van der Waals surface area contributed by atoms with E-state index in [-0.39, 0.29) is 25.2 Å². The minimum Gasteiger partial charge on any atom is -0.387 e. The van der Waals surface area contributed by atoms with Crippen molar-refractivity contribution in [3.8, 4) is 0 Å². The van der Waals surface area contributed by atoms with Gasteiger partial charge in [0.25, 0.3) is 11.6 Å². The number of aliphatic hydroxyl groups excluding tert-OH is 1. The fourth-order valence-corrected chi connectivity index (χ4v) is 4.03. The predicted octanol–water partition coefficient (Wildman–Crippen LogP) is 0.00670. The highest BCUT2D eigenvalue weighted by Crippen LogP contribution is 2.59. The van der Waals surface area contributed by atoms with Crippen molar-refractivity contribution in [2.75, 3.05) is 6.61 Å². The predicted molar refractivity (Wildman–Crippen MR) is 71.9 cm³/mol. The number of hydrogen-bond acceptors (Lipinski definition) is 8. The quantitative estimate of drug-likeness (QED) is 0.756. The van der Waals surface area contributed by atoms with Gasteiger partial charge in [0.2, 0.25) is 11.6 Å². The molecule has 4 saturated heterocycles. The molecule has 0 saturated carbocycles. The van der Waals surface area contributed by atoms with Crippen LogP contribution in [0.3, 0.4) is 0 Å². The zero-order valence-electron chi connectivity index (χ0n) is 13.3. The summed E-state index contributed by atoms with van der Waals surface area (Å²) in [6.07, 6.45) is -1.22. The third-order valence-electron chi connectivity index (χ3n) is 5.34. The molecule has 0 radical (unpaired) electrons. The number of aliphatic hydroxyl groups is 1. The molecule has 6 unspecified atom stereocenters. The highest BCUT2D eigenvalue weighted by molar-refractivity contribution is 5.87. The van der Waals surface area contributed by atoms with Crippen molar-refractivity contribution >= 4 is 11.6 Å². The third kappa shape index (κ3) is 1.66. The number of ketones is 2. The molecule has 0 amide bonds. The first-order chi connectivity index (χ1) is 10.7. The SMILES string of the molecule is CC(=O)C12OC(CCC1O)C1(C(C)=O)OC3(C)OCCC3(O2)O1. The number of ether oxygens (including phenoxy) is 5. The van der Waals surface area contributed by atoms with Crippen molar-refractivity contribution in [3.63, 3.8) is 0 Å².